The van der Waals surface area contributed by atoms with Crippen molar-refractivity contribution in [2.24, 2.45) is 0 Å². The van der Waals surface area contributed by atoms with E-state index < -0.39 is 44.5 Å². The summed E-state index contributed by atoms with van der Waals surface area (Å²) >= 11 is 0. The van der Waals surface area contributed by atoms with Crippen molar-refractivity contribution in [1.29, 1.82) is 0 Å². The zero-order valence-corrected chi connectivity index (χ0v) is 15.7. The van der Waals surface area contributed by atoms with Crippen molar-refractivity contribution in [3.63, 3.8) is 0 Å². The third-order valence-corrected chi connectivity index (χ3v) is 3.16. The molecule has 0 aliphatic carbocycles. The molecule has 0 amide bonds. The number of aromatic nitrogens is 4. The molecule has 2 aromatic heterocycles. The Bertz CT molecular complexity index is 799. The average Bonchev–Trinajstić information content (AvgIpc) is 3.01. The minimum Gasteiger partial charge on any atom is -0.756 e. The smallest absolute Gasteiger partial charge is 0.756 e. The monoisotopic (exact) mass is 388 g/mol. The number of hydrogen-bond donors (Lipinski definition) is 6. The second-order valence-corrected chi connectivity index (χ2v) is 5.76. The van der Waals surface area contributed by atoms with Gasteiger partial charge in [-0.1, -0.05) is 0 Å². The second-order valence-electron chi connectivity index (χ2n) is 4.78. The molecule has 1 fully saturated rings. The summed E-state index contributed by atoms with van der Waals surface area (Å²) in [7, 11) is -4.89. The quantitative estimate of drug-likeness (QED) is 0.210. The van der Waals surface area contributed by atoms with Crippen LogP contribution >= 0.6 is 7.82 Å². The Morgan fingerprint density at radius 3 is 2.44 bits per heavy atom. The molecule has 4 atom stereocenters. The Labute approximate surface area is 161 Å². The molecule has 1 aliphatic rings. The normalized spacial score (nSPS) is 26.0. The van der Waals surface area contributed by atoms with Gasteiger partial charge in [-0.3, -0.25) is 13.9 Å². The number of aliphatic hydroxyl groups is 3. The van der Waals surface area contributed by atoms with Gasteiger partial charge in [0.25, 0.3) is 13.4 Å². The number of nitrogens with zero attached hydrogens (tertiary/aromatic N) is 3. The van der Waals surface area contributed by atoms with E-state index in [1.165, 1.54) is 17.2 Å². The van der Waals surface area contributed by atoms with E-state index in [1.807, 2.05) is 0 Å². The van der Waals surface area contributed by atoms with Gasteiger partial charge in [0.2, 0.25) is 0 Å². The van der Waals surface area contributed by atoms with Crippen LogP contribution in [0.3, 0.4) is 0 Å². The second kappa shape index (κ2) is 8.79. The Balaban J connectivity index is 0.000000462. The topological polar surface area (TPSA) is 214 Å². The third-order valence-electron chi connectivity index (χ3n) is 3.16. The van der Waals surface area contributed by atoms with Gasteiger partial charge in [-0.25, -0.2) is 9.97 Å². The molecular formula is C10H14N4NaO9P. The summed E-state index contributed by atoms with van der Waals surface area (Å²) in [6, 6.07) is 0. The molecule has 6 N–H and O–H groups in total. The molecule has 0 radical (unpaired) electrons. The van der Waals surface area contributed by atoms with E-state index in [0.717, 1.165) is 0 Å². The molecule has 0 spiro atoms. The van der Waals surface area contributed by atoms with Gasteiger partial charge >= 0.3 is 29.6 Å². The minimum atomic E-state index is -4.89. The molecular weight excluding hydrogens is 374 g/mol. The Hall–Kier alpha value is -0.700. The van der Waals surface area contributed by atoms with E-state index in [-0.39, 0.29) is 40.7 Å². The van der Waals surface area contributed by atoms with Crippen LogP contribution in [-0.4, -0.2) is 69.5 Å². The van der Waals surface area contributed by atoms with Crippen LogP contribution < -0.4 is 40.0 Å². The first kappa shape index (κ1) is 22.3. The van der Waals surface area contributed by atoms with Crippen molar-refractivity contribution >= 4 is 19.0 Å². The molecule has 1 saturated heterocycles. The van der Waals surface area contributed by atoms with Crippen LogP contribution in [0.2, 0.25) is 0 Å². The first-order valence-corrected chi connectivity index (χ1v) is 7.95. The zero-order chi connectivity index (χ0) is 18.1. The number of nitrogens with one attached hydrogen (secondary N) is 1. The van der Waals surface area contributed by atoms with E-state index in [1.54, 1.807) is 0 Å². The maximum atomic E-state index is 11.5. The van der Waals surface area contributed by atoms with Crippen molar-refractivity contribution < 1.29 is 68.9 Å². The van der Waals surface area contributed by atoms with Crippen molar-refractivity contribution in [2.75, 3.05) is 6.61 Å². The molecule has 0 aromatic carbocycles. The molecule has 13 nitrogen and oxygen atoms in total. The first-order chi connectivity index (χ1) is 11.1. The van der Waals surface area contributed by atoms with E-state index in [4.69, 9.17) is 29.1 Å². The fourth-order valence-corrected chi connectivity index (χ4v) is 2.16. The van der Waals surface area contributed by atoms with Gasteiger partial charge in [0.1, 0.15) is 18.3 Å². The molecule has 0 saturated carbocycles. The van der Waals surface area contributed by atoms with Crippen LogP contribution in [0, 0.1) is 0 Å². The predicted molar refractivity (Wildman–Crippen MR) is 73.2 cm³/mol. The van der Waals surface area contributed by atoms with Crippen LogP contribution in [0.4, 0.5) is 0 Å². The summed E-state index contributed by atoms with van der Waals surface area (Å²) in [6.45, 7) is -0.421. The van der Waals surface area contributed by atoms with E-state index in [9.17, 15) is 15.0 Å². The van der Waals surface area contributed by atoms with Gasteiger partial charge in [0.15, 0.2) is 17.4 Å². The third kappa shape index (κ3) is 5.39. The number of fused-ring (bicyclic) bond motifs is 1. The first-order valence-electron chi connectivity index (χ1n) is 6.42. The Morgan fingerprint density at radius 2 is 1.92 bits per heavy atom. The summed E-state index contributed by atoms with van der Waals surface area (Å²) < 4.78 is 15.5. The molecule has 3 heterocycles. The van der Waals surface area contributed by atoms with Crippen LogP contribution in [0.1, 0.15) is 6.23 Å². The van der Waals surface area contributed by atoms with Crippen molar-refractivity contribution in [3.05, 3.63) is 23.0 Å². The summed E-state index contributed by atoms with van der Waals surface area (Å²) in [6.07, 6.45) is -1.78. The predicted octanol–water partition coefficient (Wildman–Crippen LogP) is -6.83. The molecule has 1 aliphatic heterocycles. The molecule has 134 valence electrons. The van der Waals surface area contributed by atoms with Gasteiger partial charge in [-0.05, 0) is 0 Å². The maximum Gasteiger partial charge on any atom is 1.00 e. The van der Waals surface area contributed by atoms with Crippen molar-refractivity contribution in [1.82, 2.24) is 19.5 Å². The van der Waals surface area contributed by atoms with Crippen LogP contribution in [-0.2, 0) is 9.30 Å². The molecule has 15 heteroatoms. The fourth-order valence-electron chi connectivity index (χ4n) is 2.16. The van der Waals surface area contributed by atoms with Crippen LogP contribution in [0.25, 0.3) is 11.2 Å². The van der Waals surface area contributed by atoms with E-state index in [2.05, 4.69) is 15.0 Å². The molecule has 25 heavy (non-hydrogen) atoms. The zero-order valence-electron chi connectivity index (χ0n) is 12.8. The molecule has 0 bridgehead atoms. The van der Waals surface area contributed by atoms with Crippen molar-refractivity contribution in [3.8, 4) is 0 Å². The van der Waals surface area contributed by atoms with Gasteiger partial charge in [0, 0.05) is 0 Å². The largest absolute Gasteiger partial charge is 1.00 e. The Morgan fingerprint density at radius 1 is 1.32 bits per heavy atom. The van der Waals surface area contributed by atoms with Crippen molar-refractivity contribution in [2.45, 2.75) is 24.5 Å². The Kier molecular flexibility index (Phi) is 7.86. The van der Waals surface area contributed by atoms with Gasteiger partial charge < -0.3 is 39.7 Å². The number of H-pyrrole nitrogens is 1. The average molecular weight is 388 g/mol. The standard InChI is InChI=1S/C10H12N4O5.Na.H3O4P/c15-1-4-6(16)7(17)10(19-4)14-3-13-5-8(14)11-2-12-9(5)18;;1-5(2,3)4/h2-4,6-7,10,15-17H,1H2,(H,11,12,18);;(H3,1,2,3,4)/q;+1;/p-1/t4-,6-,7-,10-;;/m1../s1. The number of hydrogen-bond acceptors (Lipinski definition) is 9. The summed E-state index contributed by atoms with van der Waals surface area (Å²) in [5.41, 5.74) is -0.0608. The van der Waals surface area contributed by atoms with Gasteiger partial charge in [-0.15, -0.1) is 0 Å². The summed E-state index contributed by atoms with van der Waals surface area (Å²) in [4.78, 5) is 44.7. The van der Waals surface area contributed by atoms with Gasteiger partial charge in [0.05, 0.1) is 19.3 Å². The fraction of sp³-hybridized carbons (Fsp3) is 0.500. The van der Waals surface area contributed by atoms with E-state index >= 15 is 0 Å². The van der Waals surface area contributed by atoms with Gasteiger partial charge in [-0.2, -0.15) is 0 Å². The summed E-state index contributed by atoms with van der Waals surface area (Å²) in [5, 5.41) is 28.6. The molecule has 0 unspecified atom stereocenters. The van der Waals surface area contributed by atoms with E-state index in [0.29, 0.717) is 0 Å². The van der Waals surface area contributed by atoms with Crippen LogP contribution in [0.15, 0.2) is 17.4 Å². The minimum absolute atomic E-state index is 0. The number of ether oxygens (including phenoxy) is 1. The van der Waals surface area contributed by atoms with Crippen LogP contribution in [0.5, 0.6) is 0 Å². The number of rotatable bonds is 2. The number of aliphatic hydroxyl groups excluding tert-OH is 3. The number of imidazole rings is 1. The maximum absolute atomic E-state index is 11.5. The summed E-state index contributed by atoms with van der Waals surface area (Å²) in [5.74, 6) is 0. The number of phosphoric acid groups is 1. The molecule has 2 aromatic rings. The SMILES string of the molecule is O=P([O-])(O)O.O=c1[nH]cnc2c1ncn2[C@@H]1O[C@H](CO)[C@@H](O)[C@H]1O.[Na+]. The number of aromatic amines is 1. The molecule has 3 rings (SSSR count).